The highest BCUT2D eigenvalue weighted by atomic mass is 32.2. The molecule has 0 saturated heterocycles. The van der Waals surface area contributed by atoms with Gasteiger partial charge in [0.1, 0.15) is 28.2 Å². The van der Waals surface area contributed by atoms with Crippen molar-refractivity contribution in [1.82, 2.24) is 14.6 Å². The highest BCUT2D eigenvalue weighted by Crippen LogP contribution is 2.30. The minimum Gasteiger partial charge on any atom is -0.497 e. The van der Waals surface area contributed by atoms with E-state index in [1.165, 1.54) is 16.3 Å². The zero-order valence-electron chi connectivity index (χ0n) is 12.1. The number of nitrogen functional groups attached to an aromatic ring is 1. The summed E-state index contributed by atoms with van der Waals surface area (Å²) in [5.74, 6) is 1.08. The van der Waals surface area contributed by atoms with Crippen LogP contribution in [0.15, 0.2) is 35.5 Å². The fourth-order valence-electron chi connectivity index (χ4n) is 2.22. The van der Waals surface area contributed by atoms with Gasteiger partial charge in [0.2, 0.25) is 0 Å². The first-order valence-electron chi connectivity index (χ1n) is 6.45. The van der Waals surface area contributed by atoms with E-state index in [1.54, 1.807) is 13.3 Å². The Hall–Kier alpha value is -2.72. The monoisotopic (exact) mass is 311 g/mol. The molecule has 0 aliphatic heterocycles. The third kappa shape index (κ3) is 2.14. The van der Waals surface area contributed by atoms with Gasteiger partial charge < -0.3 is 10.5 Å². The molecule has 0 unspecified atom stereocenters. The number of methoxy groups -OCH3 is 1. The van der Waals surface area contributed by atoms with E-state index in [4.69, 9.17) is 10.5 Å². The van der Waals surface area contributed by atoms with E-state index in [9.17, 15) is 5.26 Å². The fraction of sp³-hybridized carbons (Fsp3) is 0.133. The number of hydrogen-bond donors (Lipinski definition) is 1. The molecule has 7 heteroatoms. The van der Waals surface area contributed by atoms with Gasteiger partial charge in [-0.3, -0.25) is 0 Å². The number of nitrogens with zero attached hydrogens (tertiary/aromatic N) is 4. The Morgan fingerprint density at radius 3 is 2.64 bits per heavy atom. The van der Waals surface area contributed by atoms with E-state index in [0.29, 0.717) is 22.1 Å². The maximum Gasteiger partial charge on any atom is 0.166 e. The molecule has 0 amide bonds. The van der Waals surface area contributed by atoms with Crippen molar-refractivity contribution in [3.8, 4) is 22.9 Å². The van der Waals surface area contributed by atoms with Crippen LogP contribution in [0.4, 0.5) is 5.82 Å². The Kier molecular flexibility index (Phi) is 3.61. The number of hydrogen-bond acceptors (Lipinski definition) is 6. The Balaban J connectivity index is 2.23. The van der Waals surface area contributed by atoms with Crippen molar-refractivity contribution in [2.75, 3.05) is 19.1 Å². The first-order chi connectivity index (χ1) is 10.7. The zero-order valence-corrected chi connectivity index (χ0v) is 12.9. The van der Waals surface area contributed by atoms with E-state index in [2.05, 4.69) is 16.2 Å². The van der Waals surface area contributed by atoms with E-state index in [-0.39, 0.29) is 0 Å². The molecule has 3 rings (SSSR count). The average Bonchev–Trinajstić information content (AvgIpc) is 2.99. The highest BCUT2D eigenvalue weighted by molar-refractivity contribution is 7.98. The molecule has 0 fully saturated rings. The average molecular weight is 311 g/mol. The van der Waals surface area contributed by atoms with Crippen molar-refractivity contribution in [2.45, 2.75) is 5.03 Å². The van der Waals surface area contributed by atoms with Gasteiger partial charge in [0.25, 0.3) is 0 Å². The van der Waals surface area contributed by atoms with Crippen LogP contribution in [0, 0.1) is 11.3 Å². The number of benzene rings is 1. The quantitative estimate of drug-likeness (QED) is 0.590. The fourth-order valence-corrected chi connectivity index (χ4v) is 2.75. The second kappa shape index (κ2) is 5.58. The topological polar surface area (TPSA) is 89.2 Å². The lowest BCUT2D eigenvalue weighted by molar-refractivity contribution is 0.415. The highest BCUT2D eigenvalue weighted by Gasteiger charge is 2.16. The largest absolute Gasteiger partial charge is 0.497 e. The Morgan fingerprint density at radius 2 is 2.05 bits per heavy atom. The molecule has 0 aliphatic rings. The second-order valence-corrected chi connectivity index (χ2v) is 5.31. The van der Waals surface area contributed by atoms with Crippen molar-refractivity contribution < 1.29 is 4.74 Å². The van der Waals surface area contributed by atoms with Crippen LogP contribution >= 0.6 is 11.8 Å². The van der Waals surface area contributed by atoms with Gasteiger partial charge in [-0.25, -0.2) is 4.98 Å². The molecule has 0 atom stereocenters. The molecule has 110 valence electrons. The summed E-state index contributed by atoms with van der Waals surface area (Å²) in [6.45, 7) is 0. The van der Waals surface area contributed by atoms with Crippen molar-refractivity contribution >= 4 is 23.2 Å². The van der Waals surface area contributed by atoms with Gasteiger partial charge in [-0.05, 0) is 24.0 Å². The zero-order chi connectivity index (χ0) is 15.7. The number of anilines is 1. The predicted molar refractivity (Wildman–Crippen MR) is 85.9 cm³/mol. The van der Waals surface area contributed by atoms with E-state index in [0.717, 1.165) is 16.9 Å². The first kappa shape index (κ1) is 14.2. The molecule has 1 aromatic carbocycles. The number of thioether (sulfide) groups is 1. The number of nitriles is 1. The summed E-state index contributed by atoms with van der Waals surface area (Å²) in [7, 11) is 1.63. The van der Waals surface area contributed by atoms with Gasteiger partial charge in [-0.15, -0.1) is 11.8 Å². The molecule has 0 aliphatic carbocycles. The lowest BCUT2D eigenvalue weighted by Gasteiger charge is -2.07. The third-order valence-corrected chi connectivity index (χ3v) is 4.04. The van der Waals surface area contributed by atoms with Gasteiger partial charge in [0.05, 0.1) is 13.3 Å². The molecule has 6 nitrogen and oxygen atoms in total. The minimum absolute atomic E-state index is 0.302. The van der Waals surface area contributed by atoms with Gasteiger partial charge in [0.15, 0.2) is 5.65 Å². The van der Waals surface area contributed by atoms with Crippen molar-refractivity contribution in [2.24, 2.45) is 0 Å². The van der Waals surface area contributed by atoms with Crippen LogP contribution in [0.1, 0.15) is 5.56 Å². The van der Waals surface area contributed by atoms with E-state index in [1.807, 2.05) is 30.5 Å². The van der Waals surface area contributed by atoms with Gasteiger partial charge in [-0.1, -0.05) is 12.1 Å². The smallest absolute Gasteiger partial charge is 0.166 e. The molecule has 22 heavy (non-hydrogen) atoms. The number of ether oxygens (including phenoxy) is 1. The predicted octanol–water partition coefficient (Wildman–Crippen LogP) is 2.58. The van der Waals surface area contributed by atoms with Crippen molar-refractivity contribution in [1.29, 1.82) is 5.26 Å². The molecule has 2 N–H and O–H groups in total. The molecule has 0 saturated carbocycles. The van der Waals surface area contributed by atoms with E-state index >= 15 is 0 Å². The van der Waals surface area contributed by atoms with E-state index < -0.39 is 0 Å². The molecule has 2 aromatic heterocycles. The van der Waals surface area contributed by atoms with Crippen LogP contribution in [-0.2, 0) is 0 Å². The normalized spacial score (nSPS) is 10.6. The minimum atomic E-state index is 0.302. The number of rotatable bonds is 3. The van der Waals surface area contributed by atoms with Crippen LogP contribution in [0.3, 0.4) is 0 Å². The maximum atomic E-state index is 9.23. The molecule has 0 bridgehead atoms. The molecule has 0 spiro atoms. The van der Waals surface area contributed by atoms with Crippen LogP contribution in [0.5, 0.6) is 5.75 Å². The standard InChI is InChI=1S/C15H13N5OS/c1-21-10-5-3-9(4-6-10)12-8-18-20-13(17)11(7-16)15(22-2)19-14(12)20/h3-6,8H,17H2,1-2H3. The summed E-state index contributed by atoms with van der Waals surface area (Å²) < 4.78 is 6.66. The molecule has 3 aromatic rings. The van der Waals surface area contributed by atoms with Gasteiger partial charge in [-0.2, -0.15) is 14.9 Å². The SMILES string of the molecule is COc1ccc(-c2cnn3c(N)c(C#N)c(SC)nc23)cc1. The number of fused-ring (bicyclic) bond motifs is 1. The van der Waals surface area contributed by atoms with Crippen LogP contribution in [-0.4, -0.2) is 28.0 Å². The van der Waals surface area contributed by atoms with Crippen LogP contribution < -0.4 is 10.5 Å². The Labute approximate surface area is 131 Å². The maximum absolute atomic E-state index is 9.23. The molecule has 0 radical (unpaired) electrons. The first-order valence-corrected chi connectivity index (χ1v) is 7.67. The summed E-state index contributed by atoms with van der Waals surface area (Å²) in [5.41, 5.74) is 8.84. The summed E-state index contributed by atoms with van der Waals surface area (Å²) >= 11 is 1.39. The van der Waals surface area contributed by atoms with Gasteiger partial charge in [0, 0.05) is 5.56 Å². The summed E-state index contributed by atoms with van der Waals surface area (Å²) in [6, 6.07) is 9.71. The van der Waals surface area contributed by atoms with Gasteiger partial charge >= 0.3 is 0 Å². The molecule has 2 heterocycles. The third-order valence-electron chi connectivity index (χ3n) is 3.36. The summed E-state index contributed by atoms with van der Waals surface area (Å²) in [4.78, 5) is 4.53. The van der Waals surface area contributed by atoms with Crippen LogP contribution in [0.25, 0.3) is 16.8 Å². The Morgan fingerprint density at radius 1 is 1.32 bits per heavy atom. The second-order valence-electron chi connectivity index (χ2n) is 4.52. The molecular weight excluding hydrogens is 298 g/mol. The number of nitrogens with two attached hydrogens (primary N) is 1. The van der Waals surface area contributed by atoms with Crippen molar-refractivity contribution in [3.05, 3.63) is 36.0 Å². The summed E-state index contributed by atoms with van der Waals surface area (Å²) in [6.07, 6.45) is 3.56. The molecular formula is C15H13N5OS. The van der Waals surface area contributed by atoms with Crippen molar-refractivity contribution in [3.63, 3.8) is 0 Å². The lowest BCUT2D eigenvalue weighted by Crippen LogP contribution is -2.05. The summed E-state index contributed by atoms with van der Waals surface area (Å²) in [5, 5.41) is 14.1. The van der Waals surface area contributed by atoms with Crippen LogP contribution in [0.2, 0.25) is 0 Å². The lowest BCUT2D eigenvalue weighted by atomic mass is 10.1. The Bertz CT molecular complexity index is 880. The number of aromatic nitrogens is 3.